The van der Waals surface area contributed by atoms with E-state index < -0.39 is 0 Å². The molecule has 0 aliphatic heterocycles. The van der Waals surface area contributed by atoms with Crippen molar-refractivity contribution in [2.24, 2.45) is 0 Å². The lowest BCUT2D eigenvalue weighted by molar-refractivity contribution is -0.145. The molecule has 0 bridgehead atoms. The smallest absolute Gasteiger partial charge is 0.303 e. The average molecular weight is 204 g/mol. The summed E-state index contributed by atoms with van der Waals surface area (Å²) >= 11 is 0. The third kappa shape index (κ3) is 1.86. The van der Waals surface area contributed by atoms with E-state index in [9.17, 15) is 4.79 Å². The van der Waals surface area contributed by atoms with Gasteiger partial charge in [-0.15, -0.1) is 0 Å². The number of hydrogen-bond acceptors (Lipinski definition) is 3. The summed E-state index contributed by atoms with van der Waals surface area (Å²) in [5.74, 6) is -0.284. The van der Waals surface area contributed by atoms with Gasteiger partial charge in [0.2, 0.25) is 0 Å². The Labute approximate surface area is 87.6 Å². The molecule has 0 saturated carbocycles. The molecule has 78 valence electrons. The van der Waals surface area contributed by atoms with Crippen LogP contribution in [-0.2, 0) is 9.53 Å². The molecule has 3 nitrogen and oxygen atoms in total. The molecular weight excluding hydrogens is 192 g/mol. The van der Waals surface area contributed by atoms with Gasteiger partial charge >= 0.3 is 5.97 Å². The molecule has 0 unspecified atom stereocenters. The van der Waals surface area contributed by atoms with E-state index in [4.69, 9.17) is 9.15 Å². The van der Waals surface area contributed by atoms with Crippen molar-refractivity contribution in [1.29, 1.82) is 0 Å². The zero-order valence-electron chi connectivity index (χ0n) is 8.69. The number of esters is 1. The molecule has 0 radical (unpaired) electrons. The molecule has 0 amide bonds. The lowest BCUT2D eigenvalue weighted by atomic mass is 10.1. The first-order chi connectivity index (χ1) is 7.18. The summed E-state index contributed by atoms with van der Waals surface area (Å²) in [5, 5.41) is 0.992. The van der Waals surface area contributed by atoms with Crippen LogP contribution in [0.25, 0.3) is 11.0 Å². The number of benzene rings is 1. The third-order valence-electron chi connectivity index (χ3n) is 2.29. The van der Waals surface area contributed by atoms with Gasteiger partial charge in [0.05, 0.1) is 6.26 Å². The molecule has 2 rings (SSSR count). The Bertz CT molecular complexity index is 484. The van der Waals surface area contributed by atoms with Crippen LogP contribution in [0, 0.1) is 0 Å². The van der Waals surface area contributed by atoms with E-state index in [1.165, 1.54) is 6.92 Å². The average Bonchev–Trinajstić information content (AvgIpc) is 2.59. The number of para-hydroxylation sites is 1. The minimum absolute atomic E-state index is 0.272. The van der Waals surface area contributed by atoms with E-state index in [2.05, 4.69) is 0 Å². The van der Waals surface area contributed by atoms with Crippen molar-refractivity contribution >= 4 is 16.9 Å². The number of furan rings is 1. The normalized spacial score (nSPS) is 12.7. The summed E-state index contributed by atoms with van der Waals surface area (Å²) in [6, 6.07) is 7.68. The maximum absolute atomic E-state index is 10.8. The third-order valence-corrected chi connectivity index (χ3v) is 2.29. The number of fused-ring (bicyclic) bond motifs is 1. The zero-order chi connectivity index (χ0) is 10.8. The molecular formula is C12H12O3. The van der Waals surface area contributed by atoms with Crippen molar-refractivity contribution in [3.8, 4) is 0 Å². The highest BCUT2D eigenvalue weighted by Gasteiger charge is 2.14. The first-order valence-corrected chi connectivity index (χ1v) is 4.82. The fourth-order valence-electron chi connectivity index (χ4n) is 1.63. The molecule has 15 heavy (non-hydrogen) atoms. The van der Waals surface area contributed by atoms with Crippen LogP contribution < -0.4 is 0 Å². The maximum Gasteiger partial charge on any atom is 0.303 e. The van der Waals surface area contributed by atoms with Crippen LogP contribution in [0.3, 0.4) is 0 Å². The fourth-order valence-corrected chi connectivity index (χ4v) is 1.63. The molecule has 1 atom stereocenters. The summed E-state index contributed by atoms with van der Waals surface area (Å²) in [7, 11) is 0. The van der Waals surface area contributed by atoms with E-state index in [1.54, 1.807) is 6.26 Å². The molecule has 1 aromatic carbocycles. The van der Waals surface area contributed by atoms with Gasteiger partial charge in [0.1, 0.15) is 11.7 Å². The Kier molecular flexibility index (Phi) is 2.46. The van der Waals surface area contributed by atoms with Gasteiger partial charge in [-0.3, -0.25) is 4.79 Å². The molecule has 0 aliphatic carbocycles. The summed E-state index contributed by atoms with van der Waals surface area (Å²) < 4.78 is 10.5. The summed E-state index contributed by atoms with van der Waals surface area (Å²) in [5.41, 5.74) is 1.72. The van der Waals surface area contributed by atoms with Gasteiger partial charge in [0.15, 0.2) is 0 Å². The van der Waals surface area contributed by atoms with E-state index in [0.29, 0.717) is 0 Å². The largest absolute Gasteiger partial charge is 0.464 e. The SMILES string of the molecule is CC(=O)O[C@@H](C)c1coc2ccccc12. The minimum Gasteiger partial charge on any atom is -0.464 e. The second kappa shape index (κ2) is 3.77. The van der Waals surface area contributed by atoms with Gasteiger partial charge < -0.3 is 9.15 Å². The second-order valence-electron chi connectivity index (χ2n) is 3.44. The Morgan fingerprint density at radius 2 is 2.13 bits per heavy atom. The number of carbonyl (C=O) groups excluding carboxylic acids is 1. The van der Waals surface area contributed by atoms with Crippen LogP contribution in [0.1, 0.15) is 25.5 Å². The van der Waals surface area contributed by atoms with Gasteiger partial charge in [0.25, 0.3) is 0 Å². The van der Waals surface area contributed by atoms with Crippen molar-refractivity contribution in [3.05, 3.63) is 36.1 Å². The van der Waals surface area contributed by atoms with E-state index in [1.807, 2.05) is 31.2 Å². The maximum atomic E-state index is 10.8. The first kappa shape index (κ1) is 9.77. The van der Waals surface area contributed by atoms with Crippen molar-refractivity contribution in [2.75, 3.05) is 0 Å². The van der Waals surface area contributed by atoms with Crippen molar-refractivity contribution in [3.63, 3.8) is 0 Å². The number of ether oxygens (including phenoxy) is 1. The Hall–Kier alpha value is -1.77. The highest BCUT2D eigenvalue weighted by atomic mass is 16.5. The topological polar surface area (TPSA) is 39.4 Å². The molecule has 0 N–H and O–H groups in total. The summed E-state index contributed by atoms with van der Waals surface area (Å²) in [4.78, 5) is 10.8. The van der Waals surface area contributed by atoms with Crippen LogP contribution in [-0.4, -0.2) is 5.97 Å². The van der Waals surface area contributed by atoms with Crippen LogP contribution in [0.15, 0.2) is 34.9 Å². The molecule has 1 aromatic heterocycles. The van der Waals surface area contributed by atoms with E-state index in [0.717, 1.165) is 16.5 Å². The molecule has 1 heterocycles. The Morgan fingerprint density at radius 1 is 1.40 bits per heavy atom. The van der Waals surface area contributed by atoms with Gasteiger partial charge in [-0.05, 0) is 13.0 Å². The van der Waals surface area contributed by atoms with E-state index in [-0.39, 0.29) is 12.1 Å². The summed E-state index contributed by atoms with van der Waals surface area (Å²) in [6.45, 7) is 3.23. The molecule has 0 fully saturated rings. The number of carbonyl (C=O) groups is 1. The van der Waals surface area contributed by atoms with Crippen molar-refractivity contribution in [1.82, 2.24) is 0 Å². The number of rotatable bonds is 2. The van der Waals surface area contributed by atoms with Crippen molar-refractivity contribution in [2.45, 2.75) is 20.0 Å². The lowest BCUT2D eigenvalue weighted by Crippen LogP contribution is -2.03. The van der Waals surface area contributed by atoms with Crippen LogP contribution in [0.4, 0.5) is 0 Å². The molecule has 3 heteroatoms. The van der Waals surface area contributed by atoms with Gasteiger partial charge in [-0.25, -0.2) is 0 Å². The molecule has 0 spiro atoms. The zero-order valence-corrected chi connectivity index (χ0v) is 8.69. The lowest BCUT2D eigenvalue weighted by Gasteiger charge is -2.09. The molecule has 0 saturated heterocycles. The predicted molar refractivity (Wildman–Crippen MR) is 56.4 cm³/mol. The van der Waals surface area contributed by atoms with Gasteiger partial charge in [-0.1, -0.05) is 18.2 Å². The quantitative estimate of drug-likeness (QED) is 0.706. The second-order valence-corrected chi connectivity index (χ2v) is 3.44. The Morgan fingerprint density at radius 3 is 2.87 bits per heavy atom. The minimum atomic E-state index is -0.284. The number of hydrogen-bond donors (Lipinski definition) is 0. The van der Waals surface area contributed by atoms with Crippen LogP contribution in [0.5, 0.6) is 0 Å². The standard InChI is InChI=1S/C12H12O3/c1-8(15-9(2)13)11-7-14-12-6-4-3-5-10(11)12/h3-8H,1-2H3/t8-/m0/s1. The monoisotopic (exact) mass is 204 g/mol. The first-order valence-electron chi connectivity index (χ1n) is 4.82. The van der Waals surface area contributed by atoms with Crippen LogP contribution >= 0.6 is 0 Å². The Balaban J connectivity index is 2.39. The fraction of sp³-hybridized carbons (Fsp3) is 0.250. The molecule has 0 aliphatic rings. The van der Waals surface area contributed by atoms with E-state index >= 15 is 0 Å². The highest BCUT2D eigenvalue weighted by molar-refractivity contribution is 5.81. The van der Waals surface area contributed by atoms with Gasteiger partial charge in [-0.2, -0.15) is 0 Å². The molecule has 2 aromatic rings. The highest BCUT2D eigenvalue weighted by Crippen LogP contribution is 2.27. The van der Waals surface area contributed by atoms with Crippen molar-refractivity contribution < 1.29 is 13.9 Å². The predicted octanol–water partition coefficient (Wildman–Crippen LogP) is 3.06. The van der Waals surface area contributed by atoms with Crippen LogP contribution in [0.2, 0.25) is 0 Å². The van der Waals surface area contributed by atoms with Gasteiger partial charge in [0, 0.05) is 17.9 Å². The summed E-state index contributed by atoms with van der Waals surface area (Å²) in [6.07, 6.45) is 1.37.